The molecule has 2 aromatic heterocycles. The van der Waals surface area contributed by atoms with Crippen LogP contribution in [-0.4, -0.2) is 60.0 Å². The zero-order valence-electron chi connectivity index (χ0n) is 16.5. The molecule has 1 saturated heterocycles. The van der Waals surface area contributed by atoms with Crippen molar-refractivity contribution < 1.29 is 4.39 Å². The number of nitrogens with one attached hydrogen (secondary N) is 1. The molecule has 1 aromatic carbocycles. The average Bonchev–Trinajstić information content (AvgIpc) is 3.15. The van der Waals surface area contributed by atoms with Gasteiger partial charge in [-0.25, -0.2) is 9.37 Å². The molecule has 0 atom stereocenters. The van der Waals surface area contributed by atoms with E-state index in [2.05, 4.69) is 31.3 Å². The van der Waals surface area contributed by atoms with Gasteiger partial charge in [0.15, 0.2) is 5.96 Å². The Balaban J connectivity index is 0.00000240. The number of aromatic nitrogens is 2. The van der Waals surface area contributed by atoms with E-state index in [1.807, 2.05) is 48.0 Å². The second-order valence-corrected chi connectivity index (χ2v) is 6.87. The number of guanidine groups is 1. The number of piperazine rings is 1. The monoisotopic (exact) mass is 508 g/mol. The summed E-state index contributed by atoms with van der Waals surface area (Å²) in [4.78, 5) is 13.6. The van der Waals surface area contributed by atoms with Crippen LogP contribution >= 0.6 is 24.0 Å². The summed E-state index contributed by atoms with van der Waals surface area (Å²) in [5.74, 6) is 0.722. The molecule has 1 fully saturated rings. The zero-order valence-corrected chi connectivity index (χ0v) is 18.8. The molecule has 3 heterocycles. The SMILES string of the molecule is CN=C(NCCc1cn2ccccc2n1)N1CCN(c2ccc(F)cc2)CC1.I. The van der Waals surface area contributed by atoms with Crippen LogP contribution in [0, 0.1) is 5.82 Å². The Labute approximate surface area is 187 Å². The largest absolute Gasteiger partial charge is 0.368 e. The van der Waals surface area contributed by atoms with Gasteiger partial charge in [0.25, 0.3) is 0 Å². The minimum atomic E-state index is -0.197. The van der Waals surface area contributed by atoms with E-state index >= 15 is 0 Å². The molecule has 3 aromatic rings. The summed E-state index contributed by atoms with van der Waals surface area (Å²) < 4.78 is 15.2. The second-order valence-electron chi connectivity index (χ2n) is 6.87. The van der Waals surface area contributed by atoms with Gasteiger partial charge >= 0.3 is 0 Å². The molecule has 1 aliphatic heterocycles. The molecule has 0 aliphatic carbocycles. The third-order valence-corrected chi connectivity index (χ3v) is 5.06. The molecular formula is C21H26FIN6. The lowest BCUT2D eigenvalue weighted by molar-refractivity contribution is 0.373. The fourth-order valence-corrected chi connectivity index (χ4v) is 3.57. The van der Waals surface area contributed by atoms with Gasteiger partial charge in [-0.2, -0.15) is 0 Å². The number of benzene rings is 1. The molecule has 1 aliphatic rings. The van der Waals surface area contributed by atoms with E-state index < -0.39 is 0 Å². The third kappa shape index (κ3) is 5.17. The number of hydrogen-bond donors (Lipinski definition) is 1. The number of rotatable bonds is 4. The fraction of sp³-hybridized carbons (Fsp3) is 0.333. The van der Waals surface area contributed by atoms with E-state index in [0.29, 0.717) is 0 Å². The van der Waals surface area contributed by atoms with Crippen LogP contribution in [0.3, 0.4) is 0 Å². The molecule has 0 spiro atoms. The van der Waals surface area contributed by atoms with Gasteiger partial charge in [0.2, 0.25) is 0 Å². The van der Waals surface area contributed by atoms with E-state index in [9.17, 15) is 4.39 Å². The quantitative estimate of drug-likeness (QED) is 0.335. The number of anilines is 1. The van der Waals surface area contributed by atoms with Gasteiger partial charge in [-0.05, 0) is 36.4 Å². The Morgan fingerprint density at radius 1 is 1.10 bits per heavy atom. The lowest BCUT2D eigenvalue weighted by Gasteiger charge is -2.37. The second kappa shape index (κ2) is 9.91. The minimum Gasteiger partial charge on any atom is -0.368 e. The number of nitrogens with zero attached hydrogens (tertiary/aromatic N) is 5. The van der Waals surface area contributed by atoms with Crippen molar-refractivity contribution in [3.05, 3.63) is 66.4 Å². The van der Waals surface area contributed by atoms with Gasteiger partial charge in [-0.15, -0.1) is 24.0 Å². The number of hydrogen-bond acceptors (Lipinski definition) is 3. The smallest absolute Gasteiger partial charge is 0.193 e. The third-order valence-electron chi connectivity index (χ3n) is 5.06. The molecule has 1 N–H and O–H groups in total. The summed E-state index contributed by atoms with van der Waals surface area (Å²) in [5.41, 5.74) is 3.10. The summed E-state index contributed by atoms with van der Waals surface area (Å²) in [7, 11) is 1.82. The minimum absolute atomic E-state index is 0. The highest BCUT2D eigenvalue weighted by atomic mass is 127. The highest BCUT2D eigenvalue weighted by Gasteiger charge is 2.19. The topological polar surface area (TPSA) is 48.2 Å². The van der Waals surface area contributed by atoms with Gasteiger partial charge in [0, 0.05) is 64.3 Å². The summed E-state index contributed by atoms with van der Waals surface area (Å²) in [6, 6.07) is 12.7. The van der Waals surface area contributed by atoms with Gasteiger partial charge in [-0.3, -0.25) is 4.99 Å². The Morgan fingerprint density at radius 2 is 1.86 bits per heavy atom. The molecular weight excluding hydrogens is 482 g/mol. The normalized spacial score (nSPS) is 14.8. The highest BCUT2D eigenvalue weighted by molar-refractivity contribution is 14.0. The molecule has 0 amide bonds. The maximum absolute atomic E-state index is 13.1. The first-order valence-electron chi connectivity index (χ1n) is 9.61. The van der Waals surface area contributed by atoms with Crippen molar-refractivity contribution in [3.8, 4) is 0 Å². The predicted molar refractivity (Wildman–Crippen MR) is 126 cm³/mol. The van der Waals surface area contributed by atoms with Crippen LogP contribution in [0.15, 0.2) is 59.9 Å². The molecule has 4 rings (SSSR count). The standard InChI is InChI=1S/C21H25FN6.HI/c1-23-21(24-10-9-18-16-28-11-3-2-4-20(28)25-18)27-14-12-26(13-15-27)19-7-5-17(22)6-8-19;/h2-8,11,16H,9-10,12-15H2,1H3,(H,23,24);1H. The fourth-order valence-electron chi connectivity index (χ4n) is 3.57. The van der Waals surface area contributed by atoms with Gasteiger partial charge in [-0.1, -0.05) is 6.07 Å². The van der Waals surface area contributed by atoms with Crippen LogP contribution in [0.2, 0.25) is 0 Å². The number of imidazole rings is 1. The van der Waals surface area contributed by atoms with Crippen molar-refractivity contribution in [3.63, 3.8) is 0 Å². The molecule has 8 heteroatoms. The maximum atomic E-state index is 13.1. The zero-order chi connectivity index (χ0) is 19.3. The number of fused-ring (bicyclic) bond motifs is 1. The van der Waals surface area contributed by atoms with E-state index in [4.69, 9.17) is 0 Å². The first-order chi connectivity index (χ1) is 13.7. The van der Waals surface area contributed by atoms with E-state index in [-0.39, 0.29) is 29.8 Å². The van der Waals surface area contributed by atoms with E-state index in [1.165, 1.54) is 12.1 Å². The van der Waals surface area contributed by atoms with Crippen LogP contribution in [-0.2, 0) is 6.42 Å². The molecule has 0 saturated carbocycles. The molecule has 154 valence electrons. The lowest BCUT2D eigenvalue weighted by Crippen LogP contribution is -2.52. The lowest BCUT2D eigenvalue weighted by atomic mass is 10.2. The molecule has 0 unspecified atom stereocenters. The Morgan fingerprint density at radius 3 is 2.55 bits per heavy atom. The first-order valence-corrected chi connectivity index (χ1v) is 9.61. The van der Waals surface area contributed by atoms with Gasteiger partial charge < -0.3 is 19.5 Å². The number of aliphatic imine (C=N–C) groups is 1. The number of pyridine rings is 1. The van der Waals surface area contributed by atoms with Crippen LogP contribution in [0.25, 0.3) is 5.65 Å². The summed E-state index contributed by atoms with van der Waals surface area (Å²) in [6.07, 6.45) is 4.93. The van der Waals surface area contributed by atoms with E-state index in [0.717, 1.165) is 62.1 Å². The Kier molecular flexibility index (Phi) is 7.29. The number of halogens is 2. The van der Waals surface area contributed by atoms with Gasteiger partial charge in [0.1, 0.15) is 11.5 Å². The predicted octanol–water partition coefficient (Wildman–Crippen LogP) is 3.03. The summed E-state index contributed by atoms with van der Waals surface area (Å²) >= 11 is 0. The van der Waals surface area contributed by atoms with Crippen molar-refractivity contribution in [1.82, 2.24) is 19.6 Å². The first kappa shape index (κ1) is 21.4. The Bertz CT molecular complexity index is 914. The highest BCUT2D eigenvalue weighted by Crippen LogP contribution is 2.17. The summed E-state index contributed by atoms with van der Waals surface area (Å²) in [6.45, 7) is 4.32. The molecule has 6 nitrogen and oxygen atoms in total. The van der Waals surface area contributed by atoms with Crippen LogP contribution < -0.4 is 10.2 Å². The molecule has 29 heavy (non-hydrogen) atoms. The Hall–Kier alpha value is -2.36. The van der Waals surface area contributed by atoms with Crippen molar-refractivity contribution in [2.75, 3.05) is 44.7 Å². The van der Waals surface area contributed by atoms with Crippen LogP contribution in [0.1, 0.15) is 5.69 Å². The average molecular weight is 508 g/mol. The molecule has 0 bridgehead atoms. The van der Waals surface area contributed by atoms with Gasteiger partial charge in [0.05, 0.1) is 5.69 Å². The maximum Gasteiger partial charge on any atom is 0.193 e. The van der Waals surface area contributed by atoms with Crippen molar-refractivity contribution in [2.24, 2.45) is 4.99 Å². The van der Waals surface area contributed by atoms with Crippen LogP contribution in [0.5, 0.6) is 0 Å². The van der Waals surface area contributed by atoms with Crippen LogP contribution in [0.4, 0.5) is 10.1 Å². The van der Waals surface area contributed by atoms with Crippen molar-refractivity contribution in [2.45, 2.75) is 6.42 Å². The van der Waals surface area contributed by atoms with Crippen molar-refractivity contribution in [1.29, 1.82) is 0 Å². The van der Waals surface area contributed by atoms with E-state index in [1.54, 1.807) is 0 Å². The molecule has 0 radical (unpaired) electrons. The summed E-state index contributed by atoms with van der Waals surface area (Å²) in [5, 5.41) is 3.45. The van der Waals surface area contributed by atoms with Crippen molar-refractivity contribution >= 4 is 41.3 Å².